The summed E-state index contributed by atoms with van der Waals surface area (Å²) in [6, 6.07) is 0.598. The molecule has 0 aliphatic carbocycles. The van der Waals surface area contributed by atoms with Crippen LogP contribution in [0, 0.1) is 0 Å². The second-order valence-corrected chi connectivity index (χ2v) is 4.34. The zero-order valence-corrected chi connectivity index (χ0v) is 9.82. The van der Waals surface area contributed by atoms with E-state index in [1.807, 2.05) is 0 Å². The molecule has 0 N–H and O–H groups in total. The van der Waals surface area contributed by atoms with Crippen LogP contribution in [0.2, 0.25) is 0 Å². The van der Waals surface area contributed by atoms with Crippen LogP contribution in [0.15, 0.2) is 0 Å². The number of hydrogen-bond donors (Lipinski definition) is 0. The Morgan fingerprint density at radius 2 is 2.07 bits per heavy atom. The molecule has 0 aromatic rings. The summed E-state index contributed by atoms with van der Waals surface area (Å²) in [6.45, 7) is 5.05. The van der Waals surface area contributed by atoms with Crippen molar-refractivity contribution >= 4 is 0 Å². The van der Waals surface area contributed by atoms with Crippen molar-refractivity contribution in [2.75, 3.05) is 20.7 Å². The van der Waals surface area contributed by atoms with Crippen molar-refractivity contribution in [1.29, 1.82) is 0 Å². The minimum absolute atomic E-state index is 0.00565. The van der Waals surface area contributed by atoms with E-state index in [1.165, 1.54) is 0 Å². The molecular weight excluding hydrogens is 178 g/mol. The van der Waals surface area contributed by atoms with E-state index in [2.05, 4.69) is 32.8 Å². The fourth-order valence-corrected chi connectivity index (χ4v) is 1.85. The minimum Gasteiger partial charge on any atom is -0.353 e. The van der Waals surface area contributed by atoms with Crippen molar-refractivity contribution in [3.8, 4) is 0 Å². The molecule has 1 saturated heterocycles. The SMILES string of the molecule is CCCOC1C[C@@H](N(C)C)C[C@@H](C)O1. The Balaban J connectivity index is 2.37. The normalized spacial score (nSPS) is 33.6. The summed E-state index contributed by atoms with van der Waals surface area (Å²) in [5.74, 6) is 0. The van der Waals surface area contributed by atoms with Gasteiger partial charge in [0.1, 0.15) is 0 Å². The molecule has 1 aliphatic rings. The third-order valence-corrected chi connectivity index (χ3v) is 2.69. The van der Waals surface area contributed by atoms with Crippen LogP contribution in [0.3, 0.4) is 0 Å². The van der Waals surface area contributed by atoms with Crippen LogP contribution in [0.5, 0.6) is 0 Å². The highest BCUT2D eigenvalue weighted by Gasteiger charge is 2.28. The van der Waals surface area contributed by atoms with E-state index in [4.69, 9.17) is 9.47 Å². The van der Waals surface area contributed by atoms with Crippen LogP contribution in [0.25, 0.3) is 0 Å². The molecule has 0 amide bonds. The summed E-state index contributed by atoms with van der Waals surface area (Å²) in [6.07, 6.45) is 3.49. The molecule has 3 atom stereocenters. The monoisotopic (exact) mass is 201 g/mol. The maximum absolute atomic E-state index is 5.72. The molecule has 1 heterocycles. The summed E-state index contributed by atoms with van der Waals surface area (Å²) in [7, 11) is 4.25. The summed E-state index contributed by atoms with van der Waals surface area (Å²) >= 11 is 0. The van der Waals surface area contributed by atoms with Gasteiger partial charge in [-0.3, -0.25) is 0 Å². The average Bonchev–Trinajstić information content (AvgIpc) is 2.14. The van der Waals surface area contributed by atoms with Crippen molar-refractivity contribution in [2.45, 2.75) is 51.5 Å². The van der Waals surface area contributed by atoms with Crippen LogP contribution in [-0.4, -0.2) is 44.0 Å². The van der Waals surface area contributed by atoms with E-state index in [-0.39, 0.29) is 6.29 Å². The van der Waals surface area contributed by atoms with Gasteiger partial charge >= 0.3 is 0 Å². The van der Waals surface area contributed by atoms with E-state index in [0.717, 1.165) is 25.9 Å². The van der Waals surface area contributed by atoms with Crippen molar-refractivity contribution in [3.05, 3.63) is 0 Å². The van der Waals surface area contributed by atoms with Crippen LogP contribution in [0.4, 0.5) is 0 Å². The summed E-state index contributed by atoms with van der Waals surface area (Å²) in [5, 5.41) is 0. The molecule has 1 rings (SSSR count). The molecule has 0 radical (unpaired) electrons. The summed E-state index contributed by atoms with van der Waals surface area (Å²) in [4.78, 5) is 2.27. The largest absolute Gasteiger partial charge is 0.353 e. The van der Waals surface area contributed by atoms with Crippen molar-refractivity contribution in [3.63, 3.8) is 0 Å². The van der Waals surface area contributed by atoms with Gasteiger partial charge in [0.2, 0.25) is 0 Å². The van der Waals surface area contributed by atoms with Crippen molar-refractivity contribution < 1.29 is 9.47 Å². The number of rotatable bonds is 4. The van der Waals surface area contributed by atoms with Gasteiger partial charge in [0.05, 0.1) is 6.10 Å². The number of ether oxygens (including phenoxy) is 2. The number of nitrogens with zero attached hydrogens (tertiary/aromatic N) is 1. The molecule has 0 spiro atoms. The molecular formula is C11H23NO2. The molecule has 3 heteroatoms. The van der Waals surface area contributed by atoms with Gasteiger partial charge in [-0.2, -0.15) is 0 Å². The van der Waals surface area contributed by atoms with Gasteiger partial charge in [-0.25, -0.2) is 0 Å². The molecule has 1 unspecified atom stereocenters. The summed E-state index contributed by atoms with van der Waals surface area (Å²) < 4.78 is 11.4. The summed E-state index contributed by atoms with van der Waals surface area (Å²) in [5.41, 5.74) is 0. The Morgan fingerprint density at radius 3 is 2.64 bits per heavy atom. The van der Waals surface area contributed by atoms with Crippen LogP contribution < -0.4 is 0 Å². The maximum atomic E-state index is 5.72. The Hall–Kier alpha value is -0.120. The highest BCUT2D eigenvalue weighted by molar-refractivity contribution is 4.76. The fourth-order valence-electron chi connectivity index (χ4n) is 1.85. The van der Waals surface area contributed by atoms with E-state index < -0.39 is 0 Å². The first-order valence-electron chi connectivity index (χ1n) is 5.57. The second-order valence-electron chi connectivity index (χ2n) is 4.34. The Morgan fingerprint density at radius 1 is 1.36 bits per heavy atom. The Bertz CT molecular complexity index is 161. The zero-order valence-electron chi connectivity index (χ0n) is 9.82. The lowest BCUT2D eigenvalue weighted by molar-refractivity contribution is -0.201. The molecule has 3 nitrogen and oxygen atoms in total. The molecule has 0 aromatic carbocycles. The first kappa shape index (κ1) is 12.0. The maximum Gasteiger partial charge on any atom is 0.159 e. The third kappa shape index (κ3) is 3.56. The lowest BCUT2D eigenvalue weighted by atomic mass is 10.0. The number of hydrogen-bond acceptors (Lipinski definition) is 3. The molecule has 1 fully saturated rings. The van der Waals surface area contributed by atoms with E-state index in [9.17, 15) is 0 Å². The highest BCUT2D eigenvalue weighted by Crippen LogP contribution is 2.22. The first-order valence-corrected chi connectivity index (χ1v) is 5.57. The van der Waals surface area contributed by atoms with Gasteiger partial charge in [-0.1, -0.05) is 6.92 Å². The van der Waals surface area contributed by atoms with Gasteiger partial charge in [0, 0.05) is 19.1 Å². The molecule has 0 saturated carbocycles. The quantitative estimate of drug-likeness (QED) is 0.693. The van der Waals surface area contributed by atoms with Crippen molar-refractivity contribution in [2.24, 2.45) is 0 Å². The van der Waals surface area contributed by atoms with Gasteiger partial charge in [0.25, 0.3) is 0 Å². The van der Waals surface area contributed by atoms with Gasteiger partial charge in [-0.05, 0) is 33.9 Å². The van der Waals surface area contributed by atoms with E-state index in [1.54, 1.807) is 0 Å². The predicted octanol–water partition coefficient (Wildman–Crippen LogP) is 1.87. The van der Waals surface area contributed by atoms with Gasteiger partial charge in [0.15, 0.2) is 6.29 Å². The van der Waals surface area contributed by atoms with Crippen molar-refractivity contribution in [1.82, 2.24) is 4.90 Å². The average molecular weight is 201 g/mol. The minimum atomic E-state index is 0.00565. The lowest BCUT2D eigenvalue weighted by Crippen LogP contribution is -2.42. The zero-order chi connectivity index (χ0) is 10.6. The smallest absolute Gasteiger partial charge is 0.159 e. The molecule has 84 valence electrons. The van der Waals surface area contributed by atoms with Crippen LogP contribution >= 0.6 is 0 Å². The van der Waals surface area contributed by atoms with E-state index in [0.29, 0.717) is 12.1 Å². The fraction of sp³-hybridized carbons (Fsp3) is 1.00. The third-order valence-electron chi connectivity index (χ3n) is 2.69. The molecule has 0 aromatic heterocycles. The first-order chi connectivity index (χ1) is 6.63. The topological polar surface area (TPSA) is 21.7 Å². The Kier molecular flexibility index (Phi) is 4.85. The Labute approximate surface area is 87.4 Å². The predicted molar refractivity (Wildman–Crippen MR) is 57.3 cm³/mol. The standard InChI is InChI=1S/C11H23NO2/c1-5-6-13-11-8-10(12(3)4)7-9(2)14-11/h9-11H,5-8H2,1-4H3/t9-,10+,11?/m1/s1. The van der Waals surface area contributed by atoms with Gasteiger partial charge in [-0.15, -0.1) is 0 Å². The second kappa shape index (κ2) is 5.69. The van der Waals surface area contributed by atoms with Crippen LogP contribution in [-0.2, 0) is 9.47 Å². The molecule has 1 aliphatic heterocycles. The van der Waals surface area contributed by atoms with Crippen LogP contribution in [0.1, 0.15) is 33.1 Å². The van der Waals surface area contributed by atoms with E-state index >= 15 is 0 Å². The lowest BCUT2D eigenvalue weighted by Gasteiger charge is -2.36. The van der Waals surface area contributed by atoms with Gasteiger partial charge < -0.3 is 14.4 Å². The molecule has 0 bridgehead atoms. The highest BCUT2D eigenvalue weighted by atomic mass is 16.7. The molecule has 14 heavy (non-hydrogen) atoms.